The zero-order chi connectivity index (χ0) is 91.7. The van der Waals surface area contributed by atoms with Crippen molar-refractivity contribution in [3.05, 3.63) is 97.1 Å². The molecular weight excluding hydrogens is 1620 g/mol. The van der Waals surface area contributed by atoms with E-state index in [0.29, 0.717) is 102 Å². The first-order valence-corrected chi connectivity index (χ1v) is 54.0. The summed E-state index contributed by atoms with van der Waals surface area (Å²) in [6.07, 6.45) is 67.2. The Morgan fingerprint density at radius 2 is 0.308 bits per heavy atom. The first-order valence-electron chi connectivity index (χ1n) is 54.0. The molecule has 14 nitrogen and oxygen atoms in total. The quantitative estimate of drug-likeness (QED) is 0.0336. The topological polar surface area (TPSA) is 129 Å². The Morgan fingerprint density at radius 1 is 0.162 bits per heavy atom. The van der Waals surface area contributed by atoms with Gasteiger partial charge in [0.15, 0.2) is 69.0 Å². The summed E-state index contributed by atoms with van der Waals surface area (Å²) >= 11 is 0. The number of hydrogen-bond donors (Lipinski definition) is 0. The van der Waals surface area contributed by atoms with Crippen LogP contribution in [-0.2, 0) is 9.47 Å². The van der Waals surface area contributed by atoms with Gasteiger partial charge in [0.25, 0.3) is 0 Å². The average molecular weight is 1800 g/mol. The van der Waals surface area contributed by atoms with Gasteiger partial charge in [0, 0.05) is 0 Å². The van der Waals surface area contributed by atoms with Crippen LogP contribution in [0.4, 0.5) is 0 Å². The van der Waals surface area contributed by atoms with E-state index in [9.17, 15) is 0 Å². The minimum Gasteiger partial charge on any atom is -0.490 e. The monoisotopic (exact) mass is 1800 g/mol. The van der Waals surface area contributed by atoms with Gasteiger partial charge in [-0.3, -0.25) is 0 Å². The van der Waals surface area contributed by atoms with Crippen molar-refractivity contribution in [2.45, 2.75) is 415 Å². The molecule has 6 aromatic rings. The molecule has 1 heterocycles. The van der Waals surface area contributed by atoms with E-state index in [4.69, 9.17) is 66.3 Å². The van der Waals surface area contributed by atoms with Crippen LogP contribution in [0.25, 0.3) is 44.5 Å². The minimum atomic E-state index is 0.159. The fraction of sp³-hybridized carbons (Fsp3) is 0.690. The normalized spacial score (nSPS) is 12.7. The Balaban J connectivity index is 1.35. The van der Waals surface area contributed by atoms with E-state index in [0.717, 1.165) is 193 Å². The Bertz CT molecular complexity index is 3520. The molecule has 7 rings (SSSR count). The highest BCUT2D eigenvalue weighted by molar-refractivity contribution is 5.89. The second kappa shape index (κ2) is 74.2. The SMILES string of the molecule is CCCCCCCCCOc1ccc(-c2cc3c(cc2-c2ccc(OCCCCCCCCC)c(OCCCCCCCCC)c2)OCCOc2cc(-c4ccc(OCCCCCCCCC)c(OCCCCCCCCC)c4)c(-c4ccc(OCCCCCCCCC)c(OCCCCCCCCC)c4)cc2OCCOCCOCCO3)cc1OCCCCCCCCC. The summed E-state index contributed by atoms with van der Waals surface area (Å²) in [6, 6.07) is 34.5. The summed E-state index contributed by atoms with van der Waals surface area (Å²) in [4.78, 5) is 0. The molecule has 0 aliphatic carbocycles. The van der Waals surface area contributed by atoms with Gasteiger partial charge >= 0.3 is 0 Å². The number of ether oxygens (including phenoxy) is 14. The zero-order valence-corrected chi connectivity index (χ0v) is 83.9. The van der Waals surface area contributed by atoms with Crippen molar-refractivity contribution in [2.75, 3.05) is 106 Å². The molecule has 0 saturated heterocycles. The fourth-order valence-corrected chi connectivity index (χ4v) is 17.1. The van der Waals surface area contributed by atoms with Crippen molar-refractivity contribution in [1.29, 1.82) is 0 Å². The lowest BCUT2D eigenvalue weighted by atomic mass is 9.93. The van der Waals surface area contributed by atoms with Gasteiger partial charge in [-0.05, 0) is 169 Å². The maximum Gasteiger partial charge on any atom is 0.162 e. The van der Waals surface area contributed by atoms with Crippen LogP contribution in [0.2, 0.25) is 0 Å². The number of fused-ring (bicyclic) bond motifs is 2. The molecule has 0 atom stereocenters. The van der Waals surface area contributed by atoms with Crippen molar-refractivity contribution in [3.63, 3.8) is 0 Å². The highest BCUT2D eigenvalue weighted by Gasteiger charge is 2.24. The van der Waals surface area contributed by atoms with Crippen LogP contribution in [0.5, 0.6) is 69.0 Å². The Hall–Kier alpha value is -7.16. The lowest BCUT2D eigenvalue weighted by molar-refractivity contribution is 0.0264. The summed E-state index contributed by atoms with van der Waals surface area (Å²) in [5.74, 6) is 8.29. The second-order valence-corrected chi connectivity index (χ2v) is 36.7. The van der Waals surface area contributed by atoms with Crippen LogP contribution in [0.15, 0.2) is 97.1 Å². The lowest BCUT2D eigenvalue weighted by Crippen LogP contribution is -2.15. The first kappa shape index (κ1) is 110. The van der Waals surface area contributed by atoms with Crippen molar-refractivity contribution in [1.82, 2.24) is 0 Å². The fourth-order valence-electron chi connectivity index (χ4n) is 17.1. The summed E-state index contributed by atoms with van der Waals surface area (Å²) in [5, 5.41) is 0. The van der Waals surface area contributed by atoms with E-state index in [2.05, 4.69) is 152 Å². The van der Waals surface area contributed by atoms with Crippen LogP contribution in [0, 0.1) is 0 Å². The smallest absolute Gasteiger partial charge is 0.162 e. The summed E-state index contributed by atoms with van der Waals surface area (Å²) < 4.78 is 95.4. The van der Waals surface area contributed by atoms with Gasteiger partial charge < -0.3 is 66.3 Å². The van der Waals surface area contributed by atoms with Crippen LogP contribution < -0.4 is 56.8 Å². The highest BCUT2D eigenvalue weighted by atomic mass is 16.6. The molecule has 0 bridgehead atoms. The van der Waals surface area contributed by atoms with Crippen LogP contribution >= 0.6 is 0 Å². The predicted octanol–water partition coefficient (Wildman–Crippen LogP) is 34.7. The molecule has 1 aliphatic heterocycles. The molecular formula is C116H184O14. The van der Waals surface area contributed by atoms with Crippen LogP contribution in [0.3, 0.4) is 0 Å². The number of unbranched alkanes of at least 4 members (excludes halogenated alkanes) is 48. The Morgan fingerprint density at radius 3 is 0.485 bits per heavy atom. The van der Waals surface area contributed by atoms with E-state index >= 15 is 0 Å². The lowest BCUT2D eigenvalue weighted by Gasteiger charge is -2.22. The first-order chi connectivity index (χ1) is 64.4. The number of hydrogen-bond acceptors (Lipinski definition) is 14. The minimum absolute atomic E-state index is 0.159. The molecule has 0 saturated carbocycles. The van der Waals surface area contributed by atoms with Gasteiger partial charge in [-0.1, -0.05) is 388 Å². The maximum absolute atomic E-state index is 7.16. The number of benzene rings is 6. The van der Waals surface area contributed by atoms with Crippen molar-refractivity contribution in [3.8, 4) is 114 Å². The molecule has 0 aromatic heterocycles. The molecule has 130 heavy (non-hydrogen) atoms. The van der Waals surface area contributed by atoms with Gasteiger partial charge in [-0.15, -0.1) is 0 Å². The maximum atomic E-state index is 7.16. The molecule has 0 amide bonds. The van der Waals surface area contributed by atoms with Gasteiger partial charge in [0.2, 0.25) is 0 Å². The standard InChI is InChI=1S/C116H184O14/c1-9-17-25-33-41-49-57-73-119-105-69-65-97(89-109(105)123-77-61-53-45-37-29-21-13-5)101-93-113-115(95-103(101)99-67-71-107(121-75-59-51-43-35-27-19-11-3)111(91-99)125-79-63-55-47-39-31-23-15-7)129-87-88-130-116-96-104(100-68-72-108(122-76-60-52-44-36-28-20-12-4)112(92-100)126-80-64-56-48-40-32-24-16-8)102(94-114(116)128-86-84-118-82-81-117-83-85-127-113)98-66-70-106(120-74-58-50-42-34-26-18-10-2)110(90-98)124-78-62-54-46-38-30-22-14-6/h65-72,89-96H,9-64,73-88H2,1-8H3. The van der Waals surface area contributed by atoms with Crippen LogP contribution in [0.1, 0.15) is 415 Å². The Labute approximate surface area is 792 Å². The molecule has 14 heteroatoms. The van der Waals surface area contributed by atoms with Crippen molar-refractivity contribution < 1.29 is 66.3 Å². The van der Waals surface area contributed by atoms with Gasteiger partial charge in [0.1, 0.15) is 26.4 Å². The highest BCUT2D eigenvalue weighted by Crippen LogP contribution is 2.48. The van der Waals surface area contributed by atoms with E-state index in [-0.39, 0.29) is 26.4 Å². The van der Waals surface area contributed by atoms with Gasteiger partial charge in [0.05, 0.1) is 79.3 Å². The van der Waals surface area contributed by atoms with E-state index < -0.39 is 0 Å². The van der Waals surface area contributed by atoms with Gasteiger partial charge in [-0.25, -0.2) is 0 Å². The van der Waals surface area contributed by atoms with Crippen molar-refractivity contribution >= 4 is 0 Å². The van der Waals surface area contributed by atoms with E-state index in [1.54, 1.807) is 0 Å². The number of rotatable bonds is 76. The summed E-state index contributed by atoms with van der Waals surface area (Å²) in [6.45, 7) is 25.4. The predicted molar refractivity (Wildman–Crippen MR) is 546 cm³/mol. The van der Waals surface area contributed by atoms with Gasteiger partial charge in [-0.2, -0.15) is 0 Å². The molecule has 6 aromatic carbocycles. The van der Waals surface area contributed by atoms with Crippen LogP contribution in [-0.4, -0.2) is 106 Å². The molecule has 0 fully saturated rings. The molecule has 732 valence electrons. The molecule has 0 radical (unpaired) electrons. The third-order valence-corrected chi connectivity index (χ3v) is 25.2. The summed E-state index contributed by atoms with van der Waals surface area (Å²) in [5.41, 5.74) is 7.57. The largest absolute Gasteiger partial charge is 0.490 e. The average Bonchev–Trinajstić information content (AvgIpc) is 0.779. The van der Waals surface area contributed by atoms with E-state index in [1.165, 1.54) is 257 Å². The molecule has 0 N–H and O–H groups in total. The third kappa shape index (κ3) is 46.7. The van der Waals surface area contributed by atoms with E-state index in [1.807, 2.05) is 0 Å². The Kier molecular flexibility index (Phi) is 62.7. The zero-order valence-electron chi connectivity index (χ0n) is 83.9. The third-order valence-electron chi connectivity index (χ3n) is 25.2. The molecule has 0 unspecified atom stereocenters. The second-order valence-electron chi connectivity index (χ2n) is 36.7. The molecule has 1 aliphatic rings. The molecule has 0 spiro atoms. The summed E-state index contributed by atoms with van der Waals surface area (Å²) in [7, 11) is 0. The van der Waals surface area contributed by atoms with Crippen molar-refractivity contribution in [2.24, 2.45) is 0 Å².